The van der Waals surface area contributed by atoms with Crippen LogP contribution in [-0.2, 0) is 11.2 Å². The molecule has 0 radical (unpaired) electrons. The Morgan fingerprint density at radius 1 is 1.07 bits per heavy atom. The molecule has 0 spiro atoms. The monoisotopic (exact) mass is 373 g/mol. The molecular weight excluding hydrogens is 342 g/mol. The molecule has 0 heterocycles. The van der Waals surface area contributed by atoms with Crippen LogP contribution in [0.2, 0.25) is 0 Å². The fourth-order valence-corrected chi connectivity index (χ4v) is 3.41. The first kappa shape index (κ1) is 20.1. The molecule has 3 rings (SSSR count). The van der Waals surface area contributed by atoms with Gasteiger partial charge >= 0.3 is 0 Å². The summed E-state index contributed by atoms with van der Waals surface area (Å²) in [5, 5.41) is 2.92. The summed E-state index contributed by atoms with van der Waals surface area (Å²) in [5.41, 5.74) is 5.13. The van der Waals surface area contributed by atoms with Crippen molar-refractivity contribution in [1.82, 2.24) is 5.32 Å². The first-order chi connectivity index (χ1) is 13.5. The topological polar surface area (TPSA) is 29.1 Å². The van der Waals surface area contributed by atoms with Gasteiger partial charge in [0.25, 0.3) is 0 Å². The van der Waals surface area contributed by atoms with E-state index in [1.54, 1.807) is 6.08 Å². The molecule has 28 heavy (non-hydrogen) atoms. The Hall–Kier alpha value is -2.61. The van der Waals surface area contributed by atoms with Crippen molar-refractivity contribution in [2.75, 3.05) is 6.54 Å². The van der Waals surface area contributed by atoms with Crippen LogP contribution in [-0.4, -0.2) is 12.5 Å². The number of nitrogens with one attached hydrogen (secondary N) is 1. The first-order valence-electron chi connectivity index (χ1n) is 10.3. The van der Waals surface area contributed by atoms with Gasteiger partial charge in [0.2, 0.25) is 5.91 Å². The van der Waals surface area contributed by atoms with Crippen LogP contribution in [0.15, 0.2) is 78.4 Å². The molecule has 0 unspecified atom stereocenters. The second kappa shape index (κ2) is 9.54. The van der Waals surface area contributed by atoms with E-state index in [1.165, 1.54) is 23.1 Å². The van der Waals surface area contributed by atoms with Crippen molar-refractivity contribution in [3.05, 3.63) is 95.1 Å². The predicted octanol–water partition coefficient (Wildman–Crippen LogP) is 5.66. The molecule has 2 aromatic carbocycles. The smallest absolute Gasteiger partial charge is 0.244 e. The minimum Gasteiger partial charge on any atom is -0.352 e. The van der Waals surface area contributed by atoms with Crippen LogP contribution < -0.4 is 5.32 Å². The third-order valence-electron chi connectivity index (χ3n) is 5.15. The molecule has 2 heteroatoms. The largest absolute Gasteiger partial charge is 0.352 e. The molecule has 146 valence electrons. The van der Waals surface area contributed by atoms with Crippen LogP contribution in [0.1, 0.15) is 49.8 Å². The lowest BCUT2D eigenvalue weighted by molar-refractivity contribution is -0.116. The van der Waals surface area contributed by atoms with Crippen LogP contribution in [0.25, 0.3) is 0 Å². The number of hydrogen-bond acceptors (Lipinski definition) is 1. The number of benzene rings is 2. The van der Waals surface area contributed by atoms with Gasteiger partial charge < -0.3 is 5.32 Å². The van der Waals surface area contributed by atoms with E-state index in [9.17, 15) is 4.79 Å². The Morgan fingerprint density at radius 2 is 1.75 bits per heavy atom. The summed E-state index contributed by atoms with van der Waals surface area (Å²) in [6, 6.07) is 19.7. The number of rotatable bonds is 8. The van der Waals surface area contributed by atoms with Gasteiger partial charge in [-0.3, -0.25) is 4.79 Å². The summed E-state index contributed by atoms with van der Waals surface area (Å²) in [6.45, 7) is 6.90. The zero-order chi connectivity index (χ0) is 19.9. The molecule has 0 aromatic heterocycles. The van der Waals surface area contributed by atoms with Gasteiger partial charge in [0, 0.05) is 12.6 Å². The second-order valence-corrected chi connectivity index (χ2v) is 8.30. The molecule has 1 amide bonds. The highest BCUT2D eigenvalue weighted by Gasteiger charge is 2.35. The fraction of sp³-hybridized carbons (Fsp3) is 0.346. The molecule has 1 saturated carbocycles. The van der Waals surface area contributed by atoms with Crippen LogP contribution in [0, 0.1) is 11.8 Å². The molecule has 1 fully saturated rings. The van der Waals surface area contributed by atoms with Crippen molar-refractivity contribution in [3.63, 3.8) is 0 Å². The normalized spacial score (nSPS) is 19.2. The number of allylic oxidation sites excluding steroid dienone is 3. The highest BCUT2D eigenvalue weighted by atomic mass is 16.1. The summed E-state index contributed by atoms with van der Waals surface area (Å²) in [7, 11) is 0. The molecule has 2 atom stereocenters. The average molecular weight is 374 g/mol. The van der Waals surface area contributed by atoms with Crippen molar-refractivity contribution >= 4 is 5.91 Å². The molecule has 1 aliphatic rings. The molecule has 2 aromatic rings. The second-order valence-electron chi connectivity index (χ2n) is 8.30. The standard InChI is InChI=1S/C26H31NO/c1-19(2)18-27-26(28)15-20(3)9-12-24-17-25(24)23-13-10-22(11-14-23)16-21-7-5-4-6-8-21/h4-15,19,24-25H,16-18H2,1-3H3,(H,27,28)/t24-,25+/m1/s1. The number of carbonyl (C=O) groups is 1. The third-order valence-corrected chi connectivity index (χ3v) is 5.15. The molecular formula is C26H31NO. The lowest BCUT2D eigenvalue weighted by atomic mass is 10.0. The molecule has 1 N–H and O–H groups in total. The van der Waals surface area contributed by atoms with Gasteiger partial charge in [-0.05, 0) is 59.8 Å². The van der Waals surface area contributed by atoms with Gasteiger partial charge in [-0.1, -0.05) is 80.6 Å². The summed E-state index contributed by atoms with van der Waals surface area (Å²) >= 11 is 0. The average Bonchev–Trinajstić information content (AvgIpc) is 3.46. The molecule has 0 saturated heterocycles. The van der Waals surface area contributed by atoms with Crippen molar-refractivity contribution in [2.45, 2.75) is 39.5 Å². The van der Waals surface area contributed by atoms with Gasteiger partial charge in [0.15, 0.2) is 0 Å². The summed E-state index contributed by atoms with van der Waals surface area (Å²) in [6.07, 6.45) is 8.21. The van der Waals surface area contributed by atoms with E-state index in [2.05, 4.69) is 85.9 Å². The Bertz CT molecular complexity index is 830. The Kier molecular flexibility index (Phi) is 6.86. The molecule has 0 aliphatic heterocycles. The van der Waals surface area contributed by atoms with Crippen molar-refractivity contribution in [2.24, 2.45) is 11.8 Å². The van der Waals surface area contributed by atoms with Crippen LogP contribution in [0.5, 0.6) is 0 Å². The summed E-state index contributed by atoms with van der Waals surface area (Å²) in [4.78, 5) is 11.8. The van der Waals surface area contributed by atoms with Crippen molar-refractivity contribution in [3.8, 4) is 0 Å². The van der Waals surface area contributed by atoms with Crippen LogP contribution in [0.4, 0.5) is 0 Å². The van der Waals surface area contributed by atoms with Crippen LogP contribution >= 0.6 is 0 Å². The lowest BCUT2D eigenvalue weighted by Crippen LogP contribution is -2.25. The van der Waals surface area contributed by atoms with E-state index < -0.39 is 0 Å². The maximum Gasteiger partial charge on any atom is 0.244 e. The van der Waals surface area contributed by atoms with E-state index in [1.807, 2.05) is 6.92 Å². The molecule has 1 aliphatic carbocycles. The van der Waals surface area contributed by atoms with Crippen molar-refractivity contribution in [1.29, 1.82) is 0 Å². The minimum absolute atomic E-state index is 0.00259. The Labute approximate surface area is 169 Å². The summed E-state index contributed by atoms with van der Waals surface area (Å²) in [5.74, 6) is 1.67. The van der Waals surface area contributed by atoms with E-state index in [0.29, 0.717) is 17.8 Å². The van der Waals surface area contributed by atoms with E-state index in [-0.39, 0.29) is 5.91 Å². The van der Waals surface area contributed by atoms with Gasteiger partial charge in [-0.2, -0.15) is 0 Å². The van der Waals surface area contributed by atoms with Gasteiger partial charge in [0.1, 0.15) is 0 Å². The van der Waals surface area contributed by atoms with Crippen molar-refractivity contribution < 1.29 is 4.79 Å². The van der Waals surface area contributed by atoms with Crippen LogP contribution in [0.3, 0.4) is 0 Å². The highest BCUT2D eigenvalue weighted by molar-refractivity contribution is 5.88. The number of carbonyl (C=O) groups excluding carboxylic acids is 1. The maximum absolute atomic E-state index is 11.8. The Balaban J connectivity index is 1.49. The third kappa shape index (κ3) is 6.23. The highest BCUT2D eigenvalue weighted by Crippen LogP contribution is 2.48. The van der Waals surface area contributed by atoms with E-state index >= 15 is 0 Å². The molecule has 0 bridgehead atoms. The zero-order valence-electron chi connectivity index (χ0n) is 17.2. The van der Waals surface area contributed by atoms with E-state index in [0.717, 1.165) is 18.5 Å². The first-order valence-corrected chi connectivity index (χ1v) is 10.3. The quantitative estimate of drug-likeness (QED) is 0.470. The lowest BCUT2D eigenvalue weighted by Gasteiger charge is -2.05. The molecule has 2 nitrogen and oxygen atoms in total. The SMILES string of the molecule is CC(C=C[C@@H]1C[C@H]1c1ccc(Cc2ccccc2)cc1)=CC(=O)NCC(C)C. The minimum atomic E-state index is -0.00259. The van der Waals surface area contributed by atoms with Gasteiger partial charge in [-0.25, -0.2) is 0 Å². The van der Waals surface area contributed by atoms with E-state index in [4.69, 9.17) is 0 Å². The predicted molar refractivity (Wildman–Crippen MR) is 117 cm³/mol. The number of hydrogen-bond donors (Lipinski definition) is 1. The van der Waals surface area contributed by atoms with Gasteiger partial charge in [-0.15, -0.1) is 0 Å². The zero-order valence-corrected chi connectivity index (χ0v) is 17.2. The number of amides is 1. The fourth-order valence-electron chi connectivity index (χ4n) is 3.41. The maximum atomic E-state index is 11.8. The Morgan fingerprint density at radius 3 is 2.43 bits per heavy atom. The summed E-state index contributed by atoms with van der Waals surface area (Å²) < 4.78 is 0. The van der Waals surface area contributed by atoms with Gasteiger partial charge in [0.05, 0.1) is 0 Å².